The van der Waals surface area contributed by atoms with E-state index in [-0.39, 0.29) is 6.03 Å². The van der Waals surface area contributed by atoms with Gasteiger partial charge in [-0.3, -0.25) is 4.68 Å². The minimum absolute atomic E-state index is 0.191. The summed E-state index contributed by atoms with van der Waals surface area (Å²) in [6, 6.07) is -0.191. The summed E-state index contributed by atoms with van der Waals surface area (Å²) in [6.07, 6.45) is 4.46. The maximum Gasteiger partial charge on any atom is 0.322 e. The highest BCUT2D eigenvalue weighted by atomic mass is 16.5. The van der Waals surface area contributed by atoms with E-state index in [1.54, 1.807) is 15.8 Å². The molecule has 23 heavy (non-hydrogen) atoms. The summed E-state index contributed by atoms with van der Waals surface area (Å²) in [5.74, 6) is 1.25. The van der Waals surface area contributed by atoms with Crippen LogP contribution in [0.2, 0.25) is 0 Å². The van der Waals surface area contributed by atoms with Crippen LogP contribution in [0.5, 0.6) is 5.88 Å². The SMILES string of the molecule is CCCN(Cc1nccn1C)C(=O)Nc1c(OC)nn(C)c1C. The second kappa shape index (κ2) is 7.17. The first-order valence-electron chi connectivity index (χ1n) is 7.57. The minimum Gasteiger partial charge on any atom is -0.478 e. The molecule has 1 N–H and O–H groups in total. The van der Waals surface area contributed by atoms with Crippen LogP contribution in [0, 0.1) is 6.92 Å². The van der Waals surface area contributed by atoms with E-state index in [0.717, 1.165) is 17.9 Å². The molecule has 0 fully saturated rings. The number of carbonyl (C=O) groups is 1. The summed E-state index contributed by atoms with van der Waals surface area (Å²) in [5, 5.41) is 7.13. The molecule has 8 nitrogen and oxygen atoms in total. The van der Waals surface area contributed by atoms with Gasteiger partial charge in [-0.05, 0) is 13.3 Å². The Morgan fingerprint density at radius 3 is 2.74 bits per heavy atom. The topological polar surface area (TPSA) is 77.2 Å². The molecule has 2 rings (SSSR count). The van der Waals surface area contributed by atoms with Crippen molar-refractivity contribution in [2.45, 2.75) is 26.8 Å². The third-order valence-electron chi connectivity index (χ3n) is 3.76. The highest BCUT2D eigenvalue weighted by molar-refractivity contribution is 5.91. The van der Waals surface area contributed by atoms with Crippen molar-refractivity contribution < 1.29 is 9.53 Å². The highest BCUT2D eigenvalue weighted by Gasteiger charge is 2.20. The first kappa shape index (κ1) is 16.9. The zero-order valence-electron chi connectivity index (χ0n) is 14.3. The van der Waals surface area contributed by atoms with Gasteiger partial charge in [0.05, 0.1) is 19.3 Å². The Bertz CT molecular complexity index is 676. The lowest BCUT2D eigenvalue weighted by Crippen LogP contribution is -2.36. The molecular weight excluding hydrogens is 296 g/mol. The summed E-state index contributed by atoms with van der Waals surface area (Å²) in [6.45, 7) is 5.01. The number of methoxy groups -OCH3 is 1. The van der Waals surface area contributed by atoms with Crippen LogP contribution in [0.1, 0.15) is 24.9 Å². The monoisotopic (exact) mass is 320 g/mol. The van der Waals surface area contributed by atoms with Crippen molar-refractivity contribution in [3.63, 3.8) is 0 Å². The molecule has 0 bridgehead atoms. The number of imidazole rings is 1. The second-order valence-electron chi connectivity index (χ2n) is 5.40. The van der Waals surface area contributed by atoms with E-state index in [0.29, 0.717) is 24.7 Å². The number of aromatic nitrogens is 4. The van der Waals surface area contributed by atoms with E-state index in [1.165, 1.54) is 7.11 Å². The van der Waals surface area contributed by atoms with E-state index in [2.05, 4.69) is 15.4 Å². The predicted molar refractivity (Wildman–Crippen MR) is 87.4 cm³/mol. The molecular formula is C15H24N6O2. The zero-order valence-corrected chi connectivity index (χ0v) is 14.3. The molecule has 0 saturated heterocycles. The molecule has 126 valence electrons. The number of urea groups is 1. The minimum atomic E-state index is -0.191. The maximum absolute atomic E-state index is 12.7. The zero-order chi connectivity index (χ0) is 17.0. The first-order chi connectivity index (χ1) is 11.0. The van der Waals surface area contributed by atoms with Gasteiger partial charge in [0.25, 0.3) is 5.88 Å². The quantitative estimate of drug-likeness (QED) is 0.882. The van der Waals surface area contributed by atoms with Gasteiger partial charge < -0.3 is 19.5 Å². The number of anilines is 1. The van der Waals surface area contributed by atoms with Crippen molar-refractivity contribution in [3.8, 4) is 5.88 Å². The highest BCUT2D eigenvalue weighted by Crippen LogP contribution is 2.26. The Hall–Kier alpha value is -2.51. The summed E-state index contributed by atoms with van der Waals surface area (Å²) in [4.78, 5) is 18.7. The van der Waals surface area contributed by atoms with Crippen molar-refractivity contribution in [2.24, 2.45) is 14.1 Å². The summed E-state index contributed by atoms with van der Waals surface area (Å²) >= 11 is 0. The van der Waals surface area contributed by atoms with Gasteiger partial charge in [-0.25, -0.2) is 9.78 Å². The van der Waals surface area contributed by atoms with Gasteiger partial charge in [-0.1, -0.05) is 6.92 Å². The fraction of sp³-hybridized carbons (Fsp3) is 0.533. The van der Waals surface area contributed by atoms with Crippen molar-refractivity contribution in [2.75, 3.05) is 19.0 Å². The second-order valence-corrected chi connectivity index (χ2v) is 5.40. The molecule has 2 aromatic rings. The van der Waals surface area contributed by atoms with Gasteiger partial charge in [-0.15, -0.1) is 5.10 Å². The standard InChI is InChI=1S/C15H24N6O2/c1-6-8-21(10-12-16-7-9-19(12)3)15(22)17-13-11(2)20(4)18-14(13)23-5/h7,9H,6,8,10H2,1-5H3,(H,17,22). The fourth-order valence-corrected chi connectivity index (χ4v) is 2.29. The Kier molecular flexibility index (Phi) is 5.25. The van der Waals surface area contributed by atoms with Crippen LogP contribution < -0.4 is 10.1 Å². The van der Waals surface area contributed by atoms with Crippen LogP contribution in [0.15, 0.2) is 12.4 Å². The van der Waals surface area contributed by atoms with Crippen LogP contribution in [0.25, 0.3) is 0 Å². The number of ether oxygens (including phenoxy) is 1. The molecule has 2 aromatic heterocycles. The van der Waals surface area contributed by atoms with Crippen LogP contribution in [-0.2, 0) is 20.6 Å². The van der Waals surface area contributed by atoms with Gasteiger partial charge >= 0.3 is 6.03 Å². The van der Waals surface area contributed by atoms with Crippen LogP contribution >= 0.6 is 0 Å². The smallest absolute Gasteiger partial charge is 0.322 e. The Morgan fingerprint density at radius 1 is 1.43 bits per heavy atom. The van der Waals surface area contributed by atoms with Crippen molar-refractivity contribution in [1.82, 2.24) is 24.2 Å². The average Bonchev–Trinajstić information content (AvgIpc) is 3.04. The maximum atomic E-state index is 12.7. The van der Waals surface area contributed by atoms with E-state index >= 15 is 0 Å². The van der Waals surface area contributed by atoms with Crippen molar-refractivity contribution in [3.05, 3.63) is 23.9 Å². The van der Waals surface area contributed by atoms with Gasteiger partial charge in [0.1, 0.15) is 11.5 Å². The van der Waals surface area contributed by atoms with Crippen molar-refractivity contribution in [1.29, 1.82) is 0 Å². The molecule has 0 aliphatic rings. The van der Waals surface area contributed by atoms with E-state index in [9.17, 15) is 4.79 Å². The molecule has 0 aliphatic heterocycles. The number of nitrogens with zero attached hydrogens (tertiary/aromatic N) is 5. The molecule has 0 aliphatic carbocycles. The van der Waals surface area contributed by atoms with Crippen LogP contribution in [0.3, 0.4) is 0 Å². The lowest BCUT2D eigenvalue weighted by molar-refractivity contribution is 0.207. The van der Waals surface area contributed by atoms with Crippen LogP contribution in [0.4, 0.5) is 10.5 Å². The van der Waals surface area contributed by atoms with Crippen LogP contribution in [-0.4, -0.2) is 43.9 Å². The molecule has 2 heterocycles. The number of amides is 2. The summed E-state index contributed by atoms with van der Waals surface area (Å²) in [7, 11) is 5.26. The average molecular weight is 320 g/mol. The molecule has 2 amide bonds. The number of hydrogen-bond donors (Lipinski definition) is 1. The molecule has 0 aromatic carbocycles. The number of aryl methyl sites for hydroxylation is 2. The third kappa shape index (κ3) is 3.64. The van der Waals surface area contributed by atoms with Gasteiger partial charge in [0.2, 0.25) is 0 Å². The molecule has 8 heteroatoms. The Morgan fingerprint density at radius 2 is 2.17 bits per heavy atom. The molecule has 0 radical (unpaired) electrons. The predicted octanol–water partition coefficient (Wildman–Crippen LogP) is 1.91. The first-order valence-corrected chi connectivity index (χ1v) is 7.57. The van der Waals surface area contributed by atoms with Gasteiger partial charge in [-0.2, -0.15) is 0 Å². The number of carbonyl (C=O) groups excluding carboxylic acids is 1. The molecule has 0 spiro atoms. The number of rotatable bonds is 6. The van der Waals surface area contributed by atoms with Gasteiger partial charge in [0, 0.05) is 33.0 Å². The Labute approximate surface area is 136 Å². The fourth-order valence-electron chi connectivity index (χ4n) is 2.29. The molecule has 0 unspecified atom stereocenters. The van der Waals surface area contributed by atoms with E-state index in [1.807, 2.05) is 38.7 Å². The van der Waals surface area contributed by atoms with Crippen molar-refractivity contribution >= 4 is 11.7 Å². The normalized spacial score (nSPS) is 10.7. The van der Waals surface area contributed by atoms with Gasteiger partial charge in [0.15, 0.2) is 0 Å². The molecule has 0 saturated carbocycles. The summed E-state index contributed by atoms with van der Waals surface area (Å²) in [5.41, 5.74) is 1.43. The lowest BCUT2D eigenvalue weighted by atomic mass is 10.3. The number of hydrogen-bond acceptors (Lipinski definition) is 4. The lowest BCUT2D eigenvalue weighted by Gasteiger charge is -2.22. The Balaban J connectivity index is 2.17. The molecule has 0 atom stereocenters. The summed E-state index contributed by atoms with van der Waals surface area (Å²) < 4.78 is 8.82. The largest absolute Gasteiger partial charge is 0.478 e. The van der Waals surface area contributed by atoms with E-state index < -0.39 is 0 Å². The number of nitrogens with one attached hydrogen (secondary N) is 1. The third-order valence-corrected chi connectivity index (χ3v) is 3.76. The van der Waals surface area contributed by atoms with E-state index in [4.69, 9.17) is 4.74 Å².